The number of nitrogens with one attached hydrogen (secondary N) is 2. The fraction of sp³-hybridized carbons (Fsp3) is 0.588. The largest absolute Gasteiger partial charge is 0.365 e. The lowest BCUT2D eigenvalue weighted by molar-refractivity contribution is -0.126. The fourth-order valence-electron chi connectivity index (χ4n) is 3.73. The quantitative estimate of drug-likeness (QED) is 0.787. The molecule has 3 rings (SSSR count). The zero-order valence-electron chi connectivity index (χ0n) is 13.2. The number of nitrogens with two attached hydrogens (primary N) is 1. The van der Waals surface area contributed by atoms with E-state index in [4.69, 9.17) is 5.73 Å². The van der Waals surface area contributed by atoms with Crippen LogP contribution >= 0.6 is 0 Å². The number of primary amides is 1. The second-order valence-corrected chi connectivity index (χ2v) is 6.60. The zero-order valence-corrected chi connectivity index (χ0v) is 13.2. The zero-order chi connectivity index (χ0) is 16.4. The number of fused-ring (bicyclic) bond motifs is 1. The number of carbonyl (C=O) groups is 2. The van der Waals surface area contributed by atoms with E-state index in [1.54, 1.807) is 6.07 Å². The van der Waals surface area contributed by atoms with Gasteiger partial charge in [-0.1, -0.05) is 19.3 Å². The van der Waals surface area contributed by atoms with Gasteiger partial charge in [0, 0.05) is 11.6 Å². The summed E-state index contributed by atoms with van der Waals surface area (Å²) in [5, 5.41) is 3.12. The highest BCUT2D eigenvalue weighted by molar-refractivity contribution is 5.92. The second kappa shape index (κ2) is 6.56. The number of pyridine rings is 1. The van der Waals surface area contributed by atoms with E-state index in [0.29, 0.717) is 0 Å². The minimum absolute atomic E-state index is 0.0393. The van der Waals surface area contributed by atoms with Crippen LogP contribution in [0.2, 0.25) is 0 Å². The number of rotatable bonds is 3. The van der Waals surface area contributed by atoms with Gasteiger partial charge in [-0.25, -0.2) is 0 Å². The lowest BCUT2D eigenvalue weighted by atomic mass is 9.86. The number of amides is 2. The van der Waals surface area contributed by atoms with Crippen LogP contribution < -0.4 is 16.6 Å². The van der Waals surface area contributed by atoms with E-state index in [-0.39, 0.29) is 23.4 Å². The molecule has 4 N–H and O–H groups in total. The molecule has 2 amide bonds. The minimum Gasteiger partial charge on any atom is -0.365 e. The van der Waals surface area contributed by atoms with Crippen LogP contribution in [0.5, 0.6) is 0 Å². The smallest absolute Gasteiger partial charge is 0.261 e. The van der Waals surface area contributed by atoms with Crippen LogP contribution in [-0.4, -0.2) is 16.8 Å². The Hall–Kier alpha value is -2.11. The third-order valence-corrected chi connectivity index (χ3v) is 5.01. The summed E-state index contributed by atoms with van der Waals surface area (Å²) in [4.78, 5) is 38.5. The molecule has 23 heavy (non-hydrogen) atoms. The Morgan fingerprint density at radius 3 is 2.57 bits per heavy atom. The maximum absolute atomic E-state index is 12.5. The molecule has 2 aliphatic rings. The molecular weight excluding hydrogens is 294 g/mol. The summed E-state index contributed by atoms with van der Waals surface area (Å²) in [6.07, 6.45) is 7.78. The van der Waals surface area contributed by atoms with E-state index in [2.05, 4.69) is 10.3 Å². The standard InChI is InChI=1S/C17H23N3O3/c18-15(21)12-9-11-13(7-4-8-14(11)20-17(12)23)19-16(22)10-5-2-1-3-6-10/h9-10,13H,1-8H2,(H2,18,21)(H,19,22)(H,20,23). The van der Waals surface area contributed by atoms with Crippen LogP contribution in [0, 0.1) is 5.92 Å². The molecule has 1 fully saturated rings. The van der Waals surface area contributed by atoms with Gasteiger partial charge >= 0.3 is 0 Å². The summed E-state index contributed by atoms with van der Waals surface area (Å²) in [5.41, 5.74) is 6.41. The Bertz CT molecular complexity index is 674. The summed E-state index contributed by atoms with van der Waals surface area (Å²) in [6, 6.07) is 1.41. The summed E-state index contributed by atoms with van der Waals surface area (Å²) in [5.74, 6) is -0.557. The molecular formula is C17H23N3O3. The second-order valence-electron chi connectivity index (χ2n) is 6.60. The highest BCUT2D eigenvalue weighted by Gasteiger charge is 2.28. The average molecular weight is 317 g/mol. The number of carbonyl (C=O) groups excluding carboxylic acids is 2. The van der Waals surface area contributed by atoms with Gasteiger partial charge < -0.3 is 16.0 Å². The van der Waals surface area contributed by atoms with Gasteiger partial charge in [-0.15, -0.1) is 0 Å². The van der Waals surface area contributed by atoms with E-state index in [0.717, 1.165) is 56.2 Å². The topological polar surface area (TPSA) is 105 Å². The van der Waals surface area contributed by atoms with Crippen molar-refractivity contribution in [1.82, 2.24) is 10.3 Å². The predicted molar refractivity (Wildman–Crippen MR) is 86.0 cm³/mol. The molecule has 0 bridgehead atoms. The first kappa shape index (κ1) is 15.8. The lowest BCUT2D eigenvalue weighted by Gasteiger charge is -2.29. The van der Waals surface area contributed by atoms with E-state index < -0.39 is 11.5 Å². The number of H-pyrrole nitrogens is 1. The summed E-state index contributed by atoms with van der Waals surface area (Å²) < 4.78 is 0. The van der Waals surface area contributed by atoms with Crippen LogP contribution in [0.25, 0.3) is 0 Å². The monoisotopic (exact) mass is 317 g/mol. The molecule has 1 aromatic rings. The van der Waals surface area contributed by atoms with Crippen molar-refractivity contribution in [2.24, 2.45) is 11.7 Å². The molecule has 124 valence electrons. The maximum atomic E-state index is 12.5. The van der Waals surface area contributed by atoms with Gasteiger partial charge in [0.15, 0.2) is 0 Å². The third-order valence-electron chi connectivity index (χ3n) is 5.01. The molecule has 1 heterocycles. The van der Waals surface area contributed by atoms with E-state index >= 15 is 0 Å². The summed E-state index contributed by atoms with van der Waals surface area (Å²) in [6.45, 7) is 0. The highest BCUT2D eigenvalue weighted by Crippen LogP contribution is 2.30. The number of aryl methyl sites for hydroxylation is 1. The van der Waals surface area contributed by atoms with Crippen molar-refractivity contribution < 1.29 is 9.59 Å². The van der Waals surface area contributed by atoms with Crippen molar-refractivity contribution in [3.63, 3.8) is 0 Å². The normalized spacial score (nSPS) is 21.5. The first-order chi connectivity index (χ1) is 11.1. The number of aromatic amines is 1. The van der Waals surface area contributed by atoms with E-state index in [1.807, 2.05) is 0 Å². The van der Waals surface area contributed by atoms with E-state index in [9.17, 15) is 14.4 Å². The molecule has 0 aromatic carbocycles. The lowest BCUT2D eigenvalue weighted by Crippen LogP contribution is -2.37. The molecule has 6 nitrogen and oxygen atoms in total. The van der Waals surface area contributed by atoms with Gasteiger partial charge in [-0.05, 0) is 43.7 Å². The number of hydrogen-bond acceptors (Lipinski definition) is 3. The third kappa shape index (κ3) is 3.30. The van der Waals surface area contributed by atoms with Crippen molar-refractivity contribution in [3.05, 3.63) is 33.2 Å². The Morgan fingerprint density at radius 2 is 1.87 bits per heavy atom. The highest BCUT2D eigenvalue weighted by atomic mass is 16.2. The number of hydrogen-bond donors (Lipinski definition) is 3. The number of aromatic nitrogens is 1. The fourth-order valence-corrected chi connectivity index (χ4v) is 3.73. The molecule has 2 aliphatic carbocycles. The maximum Gasteiger partial charge on any atom is 0.261 e. The van der Waals surface area contributed by atoms with Crippen molar-refractivity contribution >= 4 is 11.8 Å². The van der Waals surface area contributed by atoms with Gasteiger partial charge in [0.2, 0.25) is 5.91 Å². The van der Waals surface area contributed by atoms with Crippen molar-refractivity contribution in [1.29, 1.82) is 0 Å². The van der Waals surface area contributed by atoms with Gasteiger partial charge in [0.05, 0.1) is 6.04 Å². The SMILES string of the molecule is NC(=O)c1cc2c([nH]c1=O)CCCC2NC(=O)C1CCCCC1. The van der Waals surface area contributed by atoms with Gasteiger partial charge in [-0.2, -0.15) is 0 Å². The Kier molecular flexibility index (Phi) is 4.50. The molecule has 0 saturated heterocycles. The summed E-state index contributed by atoms with van der Waals surface area (Å²) in [7, 11) is 0. The summed E-state index contributed by atoms with van der Waals surface area (Å²) >= 11 is 0. The Balaban J connectivity index is 1.83. The Labute approximate surface area is 134 Å². The molecule has 1 unspecified atom stereocenters. The van der Waals surface area contributed by atoms with Crippen LogP contribution in [0.1, 0.15) is 72.6 Å². The molecule has 0 aliphatic heterocycles. The molecule has 1 aromatic heterocycles. The van der Waals surface area contributed by atoms with Crippen molar-refractivity contribution in [3.8, 4) is 0 Å². The first-order valence-corrected chi connectivity index (χ1v) is 8.42. The van der Waals surface area contributed by atoms with Crippen LogP contribution in [0.3, 0.4) is 0 Å². The minimum atomic E-state index is -0.739. The van der Waals surface area contributed by atoms with Crippen molar-refractivity contribution in [2.45, 2.75) is 57.4 Å². The van der Waals surface area contributed by atoms with Crippen LogP contribution in [0.4, 0.5) is 0 Å². The Morgan fingerprint density at radius 1 is 1.13 bits per heavy atom. The average Bonchev–Trinajstić information content (AvgIpc) is 2.55. The van der Waals surface area contributed by atoms with Gasteiger partial charge in [-0.3, -0.25) is 14.4 Å². The molecule has 6 heteroatoms. The predicted octanol–water partition coefficient (Wildman–Crippen LogP) is 1.55. The van der Waals surface area contributed by atoms with Crippen molar-refractivity contribution in [2.75, 3.05) is 0 Å². The molecule has 0 radical (unpaired) electrons. The van der Waals surface area contributed by atoms with Gasteiger partial charge in [0.25, 0.3) is 11.5 Å². The van der Waals surface area contributed by atoms with Gasteiger partial charge in [0.1, 0.15) is 5.56 Å². The van der Waals surface area contributed by atoms with Crippen LogP contribution in [0.15, 0.2) is 10.9 Å². The first-order valence-electron chi connectivity index (χ1n) is 8.42. The molecule has 1 atom stereocenters. The van der Waals surface area contributed by atoms with E-state index in [1.165, 1.54) is 6.42 Å². The van der Waals surface area contributed by atoms with Crippen LogP contribution in [-0.2, 0) is 11.2 Å². The molecule has 0 spiro atoms. The molecule has 1 saturated carbocycles.